The molecular formula is C40H24N2OS. The van der Waals surface area contributed by atoms with Crippen LogP contribution in [-0.2, 0) is 0 Å². The monoisotopic (exact) mass is 580 g/mol. The number of rotatable bonds is 4. The second-order valence-corrected chi connectivity index (χ2v) is 12.0. The SMILES string of the molecule is c1ccc(-c2ccccc2-c2cc(-c3cccc4c3oc3ccccc34)nc(-c3ccc4sc5ccccc5c4c3)n2)cc1. The number of benzene rings is 6. The molecule has 0 bridgehead atoms. The summed E-state index contributed by atoms with van der Waals surface area (Å²) in [6.45, 7) is 0. The first-order chi connectivity index (χ1) is 21.8. The molecule has 3 aromatic heterocycles. The predicted octanol–water partition coefficient (Wildman–Crippen LogP) is 11.4. The van der Waals surface area contributed by atoms with Gasteiger partial charge in [0.1, 0.15) is 11.2 Å². The van der Waals surface area contributed by atoms with Crippen molar-refractivity contribution in [3.63, 3.8) is 0 Å². The highest BCUT2D eigenvalue weighted by Gasteiger charge is 2.18. The number of para-hydroxylation sites is 2. The molecule has 9 rings (SSSR count). The number of hydrogen-bond acceptors (Lipinski definition) is 4. The molecule has 0 unspecified atom stereocenters. The molecule has 3 heterocycles. The summed E-state index contributed by atoms with van der Waals surface area (Å²) in [5, 5.41) is 4.66. The summed E-state index contributed by atoms with van der Waals surface area (Å²) in [4.78, 5) is 10.5. The summed E-state index contributed by atoms with van der Waals surface area (Å²) in [5.74, 6) is 0.686. The van der Waals surface area contributed by atoms with Crippen LogP contribution in [0.25, 0.3) is 87.1 Å². The highest BCUT2D eigenvalue weighted by molar-refractivity contribution is 7.25. The fourth-order valence-corrected chi connectivity index (χ4v) is 7.33. The van der Waals surface area contributed by atoms with Gasteiger partial charge in [-0.1, -0.05) is 103 Å². The number of aromatic nitrogens is 2. The van der Waals surface area contributed by atoms with Crippen molar-refractivity contribution in [2.24, 2.45) is 0 Å². The Bertz CT molecular complexity index is 2510. The van der Waals surface area contributed by atoms with Crippen molar-refractivity contribution in [2.75, 3.05) is 0 Å². The zero-order valence-corrected chi connectivity index (χ0v) is 24.4. The Balaban J connectivity index is 1.32. The Labute approximate surface area is 257 Å². The first-order valence-electron chi connectivity index (χ1n) is 14.7. The van der Waals surface area contributed by atoms with E-state index in [9.17, 15) is 0 Å². The first kappa shape index (κ1) is 25.0. The number of fused-ring (bicyclic) bond motifs is 6. The molecule has 0 atom stereocenters. The highest BCUT2D eigenvalue weighted by Crippen LogP contribution is 2.40. The van der Waals surface area contributed by atoms with Gasteiger partial charge in [0, 0.05) is 47.6 Å². The van der Waals surface area contributed by atoms with Crippen LogP contribution in [0.15, 0.2) is 150 Å². The van der Waals surface area contributed by atoms with Crippen molar-refractivity contribution in [2.45, 2.75) is 0 Å². The van der Waals surface area contributed by atoms with E-state index >= 15 is 0 Å². The summed E-state index contributed by atoms with van der Waals surface area (Å²) in [5.41, 5.74) is 8.66. The molecule has 3 nitrogen and oxygen atoms in total. The number of thiophene rings is 1. The van der Waals surface area contributed by atoms with E-state index in [1.807, 2.05) is 29.5 Å². The minimum absolute atomic E-state index is 0.686. The molecule has 4 heteroatoms. The minimum atomic E-state index is 0.686. The lowest BCUT2D eigenvalue weighted by atomic mass is 9.96. The molecule has 0 fully saturated rings. The second kappa shape index (κ2) is 10.0. The minimum Gasteiger partial charge on any atom is -0.455 e. The smallest absolute Gasteiger partial charge is 0.160 e. The third-order valence-corrected chi connectivity index (χ3v) is 9.48. The van der Waals surface area contributed by atoms with E-state index < -0.39 is 0 Å². The fourth-order valence-electron chi connectivity index (χ4n) is 6.24. The molecule has 0 spiro atoms. The molecule has 0 saturated heterocycles. The van der Waals surface area contributed by atoms with Gasteiger partial charge in [-0.25, -0.2) is 9.97 Å². The highest BCUT2D eigenvalue weighted by atomic mass is 32.1. The van der Waals surface area contributed by atoms with E-state index in [1.54, 1.807) is 0 Å². The Morgan fingerprint density at radius 3 is 1.98 bits per heavy atom. The summed E-state index contributed by atoms with van der Waals surface area (Å²) >= 11 is 1.82. The van der Waals surface area contributed by atoms with Gasteiger partial charge >= 0.3 is 0 Å². The summed E-state index contributed by atoms with van der Waals surface area (Å²) in [6.07, 6.45) is 0. The van der Waals surface area contributed by atoms with Crippen molar-refractivity contribution in [1.29, 1.82) is 0 Å². The molecule has 44 heavy (non-hydrogen) atoms. The maximum Gasteiger partial charge on any atom is 0.160 e. The van der Waals surface area contributed by atoms with Crippen LogP contribution < -0.4 is 0 Å². The van der Waals surface area contributed by atoms with E-state index in [4.69, 9.17) is 14.4 Å². The van der Waals surface area contributed by atoms with Crippen LogP contribution >= 0.6 is 11.3 Å². The van der Waals surface area contributed by atoms with Crippen molar-refractivity contribution in [1.82, 2.24) is 9.97 Å². The first-order valence-corrected chi connectivity index (χ1v) is 15.5. The van der Waals surface area contributed by atoms with Gasteiger partial charge in [0.2, 0.25) is 0 Å². The van der Waals surface area contributed by atoms with Crippen molar-refractivity contribution >= 4 is 53.4 Å². The number of nitrogens with zero attached hydrogens (tertiary/aromatic N) is 2. The Morgan fingerprint density at radius 1 is 0.432 bits per heavy atom. The molecular weight excluding hydrogens is 557 g/mol. The molecule has 206 valence electrons. The van der Waals surface area contributed by atoms with Crippen LogP contribution in [0.3, 0.4) is 0 Å². The van der Waals surface area contributed by atoms with Crippen LogP contribution in [0, 0.1) is 0 Å². The van der Waals surface area contributed by atoms with Crippen LogP contribution in [0.5, 0.6) is 0 Å². The molecule has 0 aliphatic rings. The Kier molecular flexibility index (Phi) is 5.68. The van der Waals surface area contributed by atoms with Crippen LogP contribution in [0.1, 0.15) is 0 Å². The van der Waals surface area contributed by atoms with Gasteiger partial charge in [0.25, 0.3) is 0 Å². The summed E-state index contributed by atoms with van der Waals surface area (Å²) in [7, 11) is 0. The molecule has 0 aliphatic heterocycles. The molecule has 0 saturated carbocycles. The quantitative estimate of drug-likeness (QED) is 0.208. The fraction of sp³-hybridized carbons (Fsp3) is 0. The maximum atomic E-state index is 6.46. The van der Waals surface area contributed by atoms with E-state index in [0.717, 1.165) is 61.1 Å². The van der Waals surface area contributed by atoms with Gasteiger partial charge < -0.3 is 4.42 Å². The topological polar surface area (TPSA) is 38.9 Å². The van der Waals surface area contributed by atoms with Crippen LogP contribution in [-0.4, -0.2) is 9.97 Å². The predicted molar refractivity (Wildman–Crippen MR) is 184 cm³/mol. The molecule has 0 amide bonds. The third-order valence-electron chi connectivity index (χ3n) is 8.33. The largest absolute Gasteiger partial charge is 0.455 e. The summed E-state index contributed by atoms with van der Waals surface area (Å²) in [6, 6.07) is 50.7. The molecule has 6 aromatic carbocycles. The zero-order chi connectivity index (χ0) is 29.0. The van der Waals surface area contributed by atoms with Crippen LogP contribution in [0.4, 0.5) is 0 Å². The van der Waals surface area contributed by atoms with E-state index in [2.05, 4.69) is 127 Å². The van der Waals surface area contributed by atoms with E-state index in [0.29, 0.717) is 5.82 Å². The van der Waals surface area contributed by atoms with Crippen LogP contribution in [0.2, 0.25) is 0 Å². The van der Waals surface area contributed by atoms with Gasteiger partial charge in [-0.15, -0.1) is 11.3 Å². The van der Waals surface area contributed by atoms with Crippen molar-refractivity contribution in [3.8, 4) is 45.0 Å². The lowest BCUT2D eigenvalue weighted by molar-refractivity contribution is 0.670. The maximum absolute atomic E-state index is 6.46. The van der Waals surface area contributed by atoms with Gasteiger partial charge in [0.05, 0.1) is 11.4 Å². The van der Waals surface area contributed by atoms with Gasteiger partial charge in [-0.05, 0) is 53.6 Å². The lowest BCUT2D eigenvalue weighted by Crippen LogP contribution is -1.97. The molecule has 9 aromatic rings. The molecule has 0 aliphatic carbocycles. The number of hydrogen-bond donors (Lipinski definition) is 0. The second-order valence-electron chi connectivity index (χ2n) is 11.0. The molecule has 0 N–H and O–H groups in total. The zero-order valence-electron chi connectivity index (χ0n) is 23.6. The third kappa shape index (κ3) is 4.03. The average molecular weight is 581 g/mol. The Morgan fingerprint density at radius 2 is 1.09 bits per heavy atom. The van der Waals surface area contributed by atoms with Gasteiger partial charge in [0.15, 0.2) is 5.82 Å². The van der Waals surface area contributed by atoms with Crippen molar-refractivity contribution < 1.29 is 4.42 Å². The average Bonchev–Trinajstić information content (AvgIpc) is 3.66. The standard InChI is InChI=1S/C40H24N2OS/c1-2-11-25(12-3-1)27-13-4-5-14-28(27)34-24-35(32-18-10-17-31-29-15-6-8-19-36(29)43-39(31)32)42-40(41-34)26-21-22-38-33(23-26)30-16-7-9-20-37(30)44-38/h1-24H. The Hall–Kier alpha value is -5.58. The van der Waals surface area contributed by atoms with E-state index in [1.165, 1.54) is 20.2 Å². The molecule has 0 radical (unpaired) electrons. The normalized spacial score (nSPS) is 11.6. The van der Waals surface area contributed by atoms with Gasteiger partial charge in [-0.3, -0.25) is 0 Å². The summed E-state index contributed by atoms with van der Waals surface area (Å²) < 4.78 is 9.00. The van der Waals surface area contributed by atoms with Crippen molar-refractivity contribution in [3.05, 3.63) is 146 Å². The lowest BCUT2D eigenvalue weighted by Gasteiger charge is -2.13. The van der Waals surface area contributed by atoms with Gasteiger partial charge in [-0.2, -0.15) is 0 Å². The number of furan rings is 1. The van der Waals surface area contributed by atoms with E-state index in [-0.39, 0.29) is 0 Å².